The van der Waals surface area contributed by atoms with Crippen molar-refractivity contribution in [3.05, 3.63) is 29.8 Å². The minimum absolute atomic E-state index is 0.607. The zero-order valence-electron chi connectivity index (χ0n) is 18.0. The summed E-state index contributed by atoms with van der Waals surface area (Å²) in [4.78, 5) is 23.4. The van der Waals surface area contributed by atoms with Crippen LogP contribution in [0.4, 0.5) is 11.6 Å². The van der Waals surface area contributed by atoms with Crippen molar-refractivity contribution in [1.82, 2.24) is 33.8 Å². The number of hydrogen-bond donors (Lipinski definition) is 1. The van der Waals surface area contributed by atoms with E-state index >= 15 is 0 Å². The van der Waals surface area contributed by atoms with E-state index in [4.69, 9.17) is 9.72 Å². The lowest BCUT2D eigenvalue weighted by Crippen LogP contribution is -2.36. The lowest BCUT2D eigenvalue weighted by Gasteiger charge is -2.26. The van der Waals surface area contributed by atoms with E-state index < -0.39 is 0 Å². The highest BCUT2D eigenvalue weighted by Crippen LogP contribution is 2.31. The van der Waals surface area contributed by atoms with Gasteiger partial charge >= 0.3 is 0 Å². The standard InChI is InChI=1S/C21H26N8O2/c1-4-29-15(12-30)9-16-19-18(22-13-26(19)2)20(24-21(16)29)23-17-10-14(27(3)25-17)11-28-5-7-31-8-6-28/h9-10,12-13H,4-8,11H2,1-3H3,(H,23,24,25). The number of carbonyl (C=O) groups excluding carboxylic acids is 1. The van der Waals surface area contributed by atoms with Gasteiger partial charge in [-0.25, -0.2) is 9.97 Å². The van der Waals surface area contributed by atoms with Crippen molar-refractivity contribution in [2.45, 2.75) is 20.0 Å². The van der Waals surface area contributed by atoms with Crippen LogP contribution in [0.3, 0.4) is 0 Å². The van der Waals surface area contributed by atoms with Crippen LogP contribution < -0.4 is 5.32 Å². The Morgan fingerprint density at radius 3 is 2.77 bits per heavy atom. The molecular formula is C21H26N8O2. The molecule has 4 aromatic heterocycles. The molecule has 31 heavy (non-hydrogen) atoms. The fraction of sp³-hybridized carbons (Fsp3) is 0.429. The van der Waals surface area contributed by atoms with Gasteiger partial charge in [0, 0.05) is 51.7 Å². The first-order chi connectivity index (χ1) is 15.1. The van der Waals surface area contributed by atoms with Gasteiger partial charge in [0.1, 0.15) is 11.2 Å². The second-order valence-electron chi connectivity index (χ2n) is 7.84. The summed E-state index contributed by atoms with van der Waals surface area (Å²) in [5.41, 5.74) is 4.17. The van der Waals surface area contributed by atoms with E-state index in [1.54, 1.807) is 6.33 Å². The quantitative estimate of drug-likeness (QED) is 0.475. The summed E-state index contributed by atoms with van der Waals surface area (Å²) in [6.07, 6.45) is 2.64. The number of carbonyl (C=O) groups is 1. The number of hydrogen-bond acceptors (Lipinski definition) is 7. The van der Waals surface area contributed by atoms with Crippen LogP contribution in [0.15, 0.2) is 18.5 Å². The van der Waals surface area contributed by atoms with Crippen LogP contribution in [-0.4, -0.2) is 66.4 Å². The Morgan fingerprint density at radius 2 is 2.03 bits per heavy atom. The Kier molecular flexibility index (Phi) is 4.95. The van der Waals surface area contributed by atoms with Crippen molar-refractivity contribution in [3.63, 3.8) is 0 Å². The molecule has 1 aliphatic rings. The maximum atomic E-state index is 11.6. The highest BCUT2D eigenvalue weighted by atomic mass is 16.5. The monoisotopic (exact) mass is 422 g/mol. The lowest BCUT2D eigenvalue weighted by molar-refractivity contribution is 0.0331. The number of pyridine rings is 1. The Morgan fingerprint density at radius 1 is 1.23 bits per heavy atom. The first-order valence-corrected chi connectivity index (χ1v) is 10.5. The largest absolute Gasteiger partial charge is 0.379 e. The second-order valence-corrected chi connectivity index (χ2v) is 7.84. The van der Waals surface area contributed by atoms with Gasteiger partial charge in [0.05, 0.1) is 36.4 Å². The number of morpholine rings is 1. The molecule has 0 aliphatic carbocycles. The average molecular weight is 422 g/mol. The first-order valence-electron chi connectivity index (χ1n) is 10.5. The second kappa shape index (κ2) is 7.78. The molecule has 0 aromatic carbocycles. The number of aromatic nitrogens is 6. The van der Waals surface area contributed by atoms with Gasteiger partial charge in [0.2, 0.25) is 0 Å². The van der Waals surface area contributed by atoms with E-state index in [-0.39, 0.29) is 0 Å². The molecule has 1 aliphatic heterocycles. The summed E-state index contributed by atoms with van der Waals surface area (Å²) in [6, 6.07) is 3.93. The molecular weight excluding hydrogens is 396 g/mol. The van der Waals surface area contributed by atoms with Crippen molar-refractivity contribution >= 4 is 40.0 Å². The molecule has 0 atom stereocenters. The fourth-order valence-electron chi connectivity index (χ4n) is 4.27. The van der Waals surface area contributed by atoms with E-state index in [2.05, 4.69) is 20.3 Å². The third kappa shape index (κ3) is 3.37. The number of rotatable bonds is 6. The Balaban J connectivity index is 1.54. The molecule has 162 valence electrons. The maximum Gasteiger partial charge on any atom is 0.166 e. The topological polar surface area (TPSA) is 95.0 Å². The van der Waals surface area contributed by atoms with Crippen molar-refractivity contribution in [1.29, 1.82) is 0 Å². The number of fused-ring (bicyclic) bond motifs is 3. The van der Waals surface area contributed by atoms with Gasteiger partial charge in [-0.3, -0.25) is 14.4 Å². The number of nitrogens with one attached hydrogen (secondary N) is 1. The highest BCUT2D eigenvalue weighted by Gasteiger charge is 2.19. The number of nitrogens with zero attached hydrogens (tertiary/aromatic N) is 7. The van der Waals surface area contributed by atoms with Gasteiger partial charge in [-0.15, -0.1) is 0 Å². The van der Waals surface area contributed by atoms with Crippen LogP contribution in [0.25, 0.3) is 22.1 Å². The minimum Gasteiger partial charge on any atom is -0.379 e. The number of ether oxygens (including phenoxy) is 1. The molecule has 4 aromatic rings. The molecule has 0 unspecified atom stereocenters. The predicted molar refractivity (Wildman–Crippen MR) is 118 cm³/mol. The molecule has 1 N–H and O–H groups in total. The van der Waals surface area contributed by atoms with Crippen LogP contribution in [0.5, 0.6) is 0 Å². The van der Waals surface area contributed by atoms with E-state index in [0.29, 0.717) is 18.1 Å². The van der Waals surface area contributed by atoms with Gasteiger partial charge in [-0.1, -0.05) is 0 Å². The SMILES string of the molecule is CCn1c(C=O)cc2c3c(ncn3C)c(Nc3cc(CN4CCOCC4)n(C)n3)nc21. The Hall–Kier alpha value is -3.24. The van der Waals surface area contributed by atoms with Gasteiger partial charge in [0.25, 0.3) is 0 Å². The molecule has 5 rings (SSSR count). The third-order valence-corrected chi connectivity index (χ3v) is 5.88. The van der Waals surface area contributed by atoms with Crippen molar-refractivity contribution < 1.29 is 9.53 Å². The molecule has 0 spiro atoms. The molecule has 1 saturated heterocycles. The summed E-state index contributed by atoms with van der Waals surface area (Å²) >= 11 is 0. The zero-order chi connectivity index (χ0) is 21.5. The number of imidazole rings is 1. The average Bonchev–Trinajstić information content (AvgIpc) is 3.44. The molecule has 0 saturated carbocycles. The van der Waals surface area contributed by atoms with Crippen LogP contribution in [0, 0.1) is 0 Å². The number of aryl methyl sites for hydroxylation is 3. The van der Waals surface area contributed by atoms with E-state index in [1.165, 1.54) is 0 Å². The summed E-state index contributed by atoms with van der Waals surface area (Å²) in [5, 5.41) is 8.92. The van der Waals surface area contributed by atoms with Crippen molar-refractivity contribution in [2.75, 3.05) is 31.6 Å². The molecule has 0 bridgehead atoms. The van der Waals surface area contributed by atoms with E-state index in [9.17, 15) is 4.79 Å². The predicted octanol–water partition coefficient (Wildman–Crippen LogP) is 2.06. The molecule has 0 radical (unpaired) electrons. The summed E-state index contributed by atoms with van der Waals surface area (Å²) in [7, 11) is 3.90. The van der Waals surface area contributed by atoms with Gasteiger partial charge in [-0.2, -0.15) is 5.10 Å². The van der Waals surface area contributed by atoms with Gasteiger partial charge < -0.3 is 19.2 Å². The van der Waals surface area contributed by atoms with Gasteiger partial charge in [-0.05, 0) is 13.0 Å². The minimum atomic E-state index is 0.607. The maximum absolute atomic E-state index is 11.6. The normalized spacial score (nSPS) is 15.2. The molecule has 0 amide bonds. The zero-order valence-corrected chi connectivity index (χ0v) is 18.0. The van der Waals surface area contributed by atoms with Crippen molar-refractivity contribution in [3.8, 4) is 0 Å². The number of aldehydes is 1. The van der Waals surface area contributed by atoms with Crippen LogP contribution >= 0.6 is 0 Å². The van der Waals surface area contributed by atoms with Crippen molar-refractivity contribution in [2.24, 2.45) is 14.1 Å². The van der Waals surface area contributed by atoms with E-state index in [0.717, 1.165) is 72.7 Å². The third-order valence-electron chi connectivity index (χ3n) is 5.88. The molecule has 5 heterocycles. The molecule has 1 fully saturated rings. The smallest absolute Gasteiger partial charge is 0.166 e. The summed E-state index contributed by atoms with van der Waals surface area (Å²) < 4.78 is 11.2. The highest BCUT2D eigenvalue weighted by molar-refractivity contribution is 6.08. The number of anilines is 2. The van der Waals surface area contributed by atoms with Crippen LogP contribution in [0.1, 0.15) is 23.1 Å². The van der Waals surface area contributed by atoms with E-state index in [1.807, 2.05) is 47.0 Å². The molecule has 10 nitrogen and oxygen atoms in total. The lowest BCUT2D eigenvalue weighted by atomic mass is 10.2. The summed E-state index contributed by atoms with van der Waals surface area (Å²) in [6.45, 7) is 6.86. The van der Waals surface area contributed by atoms with Crippen LogP contribution in [-0.2, 0) is 31.9 Å². The van der Waals surface area contributed by atoms with Gasteiger partial charge in [0.15, 0.2) is 17.9 Å². The molecule has 10 heteroatoms. The fourth-order valence-corrected chi connectivity index (χ4v) is 4.27. The summed E-state index contributed by atoms with van der Waals surface area (Å²) in [5.74, 6) is 1.35. The Bertz CT molecular complexity index is 1260. The Labute approximate surface area is 179 Å². The van der Waals surface area contributed by atoms with Crippen LogP contribution in [0.2, 0.25) is 0 Å². The first kappa shape index (κ1) is 19.7.